The van der Waals surface area contributed by atoms with Crippen LogP contribution in [0.5, 0.6) is 0 Å². The number of carboxylic acids is 1. The molecule has 0 unspecified atom stereocenters. The molecule has 0 atom stereocenters. The molecule has 160 valence electrons. The van der Waals surface area contributed by atoms with Gasteiger partial charge in [0.05, 0.1) is 9.88 Å². The topological polar surface area (TPSA) is 71.5 Å². The van der Waals surface area contributed by atoms with E-state index in [9.17, 15) is 4.79 Å². The van der Waals surface area contributed by atoms with Gasteiger partial charge in [0.1, 0.15) is 5.76 Å². The van der Waals surface area contributed by atoms with Crippen molar-refractivity contribution < 1.29 is 14.6 Å². The number of anilines is 1. The van der Waals surface area contributed by atoms with Crippen LogP contribution < -0.4 is 15.2 Å². The maximum atomic E-state index is 10.8. The number of fused-ring (bicyclic) bond motifs is 2. The Morgan fingerprint density at radius 3 is 2.41 bits per heavy atom. The second-order valence-electron chi connectivity index (χ2n) is 7.72. The molecule has 1 aromatic heterocycles. The van der Waals surface area contributed by atoms with Crippen LogP contribution in [-0.4, -0.2) is 29.2 Å². The largest absolute Gasteiger partial charge is 0.486 e. The number of hydrogen-bond acceptors (Lipinski definition) is 5. The highest BCUT2D eigenvalue weighted by Crippen LogP contribution is 2.29. The minimum atomic E-state index is -0.976. The van der Waals surface area contributed by atoms with Crippen LogP contribution in [0.2, 0.25) is 0 Å². The van der Waals surface area contributed by atoms with E-state index in [0.29, 0.717) is 12.2 Å². The summed E-state index contributed by atoms with van der Waals surface area (Å²) in [5, 5.41) is 14.3. The summed E-state index contributed by atoms with van der Waals surface area (Å²) in [6.45, 7) is 0.411. The first-order valence-electron chi connectivity index (χ1n) is 10.5. The Bertz CT molecular complexity index is 1280. The van der Waals surface area contributed by atoms with E-state index in [-0.39, 0.29) is 12.5 Å². The fraction of sp³-hybridized carbons (Fsp3) is 0.154. The van der Waals surface area contributed by atoms with Gasteiger partial charge in [0.25, 0.3) is 0 Å². The van der Waals surface area contributed by atoms with Gasteiger partial charge in [-0.1, -0.05) is 78.1 Å². The van der Waals surface area contributed by atoms with E-state index in [4.69, 9.17) is 14.8 Å². The fourth-order valence-corrected chi connectivity index (χ4v) is 5.03. The highest BCUT2D eigenvalue weighted by molar-refractivity contribution is 7.13. The average Bonchev–Trinajstić information content (AvgIpc) is 3.37. The summed E-state index contributed by atoms with van der Waals surface area (Å²) < 4.78 is 6.52. The van der Waals surface area contributed by atoms with Crippen LogP contribution in [0.1, 0.15) is 23.5 Å². The molecule has 0 bridgehead atoms. The Hall–Kier alpha value is -3.64. The first kappa shape index (κ1) is 20.3. The van der Waals surface area contributed by atoms with E-state index in [0.717, 1.165) is 32.7 Å². The number of benzene rings is 2. The number of rotatable bonds is 8. The molecule has 2 aliphatic carbocycles. The molecule has 0 saturated heterocycles. The van der Waals surface area contributed by atoms with Gasteiger partial charge in [0.15, 0.2) is 11.7 Å². The normalized spacial score (nSPS) is 14.2. The van der Waals surface area contributed by atoms with Crippen molar-refractivity contribution in [1.82, 2.24) is 4.98 Å². The zero-order valence-electron chi connectivity index (χ0n) is 17.3. The molecule has 1 heterocycles. The van der Waals surface area contributed by atoms with E-state index in [1.165, 1.54) is 11.1 Å². The zero-order chi connectivity index (χ0) is 21.9. The van der Waals surface area contributed by atoms with E-state index < -0.39 is 5.97 Å². The number of aromatic nitrogens is 1. The molecular formula is C26H22N2O3S. The molecule has 0 aliphatic heterocycles. The summed E-state index contributed by atoms with van der Waals surface area (Å²) in [5.41, 5.74) is 4.74. The molecule has 3 aromatic rings. The number of aliphatic carboxylic acids is 1. The number of nitrogens with zero attached hydrogens (tertiary/aromatic N) is 1. The van der Waals surface area contributed by atoms with Crippen molar-refractivity contribution in [3.05, 3.63) is 105 Å². The Balaban J connectivity index is 1.36. The van der Waals surface area contributed by atoms with Crippen molar-refractivity contribution in [2.75, 3.05) is 18.5 Å². The molecule has 6 heteroatoms. The first-order valence-corrected chi connectivity index (χ1v) is 11.3. The summed E-state index contributed by atoms with van der Waals surface area (Å²) in [6, 6.07) is 21.0. The molecule has 0 saturated carbocycles. The lowest BCUT2D eigenvalue weighted by molar-refractivity contribution is -0.140. The number of hydrogen-bond donors (Lipinski definition) is 2. The SMILES string of the molecule is O=C(O)COC1=CC=C2C=c3sc(NCC(c4ccccc4)c4ccccc4)nc3=C2C1. The molecule has 2 aromatic carbocycles. The van der Waals surface area contributed by atoms with Crippen LogP contribution in [-0.2, 0) is 9.53 Å². The minimum Gasteiger partial charge on any atom is -0.486 e. The van der Waals surface area contributed by atoms with Crippen molar-refractivity contribution in [1.29, 1.82) is 0 Å². The number of nitrogens with one attached hydrogen (secondary N) is 1. The number of carbonyl (C=O) groups is 1. The van der Waals surface area contributed by atoms with Gasteiger partial charge < -0.3 is 15.2 Å². The number of thiazole rings is 1. The lowest BCUT2D eigenvalue weighted by atomic mass is 9.91. The molecule has 2 aliphatic rings. The number of ether oxygens (including phenoxy) is 1. The van der Waals surface area contributed by atoms with E-state index in [1.54, 1.807) is 11.3 Å². The zero-order valence-corrected chi connectivity index (χ0v) is 18.1. The molecule has 32 heavy (non-hydrogen) atoms. The Morgan fingerprint density at radius 2 is 1.75 bits per heavy atom. The van der Waals surface area contributed by atoms with Gasteiger partial charge in [-0.15, -0.1) is 0 Å². The van der Waals surface area contributed by atoms with Gasteiger partial charge in [-0.05, 0) is 34.4 Å². The highest BCUT2D eigenvalue weighted by atomic mass is 32.1. The third kappa shape index (κ3) is 4.22. The Labute approximate surface area is 189 Å². The van der Waals surface area contributed by atoms with Gasteiger partial charge >= 0.3 is 5.97 Å². The third-order valence-corrected chi connectivity index (χ3v) is 6.58. The van der Waals surface area contributed by atoms with Crippen LogP contribution >= 0.6 is 11.3 Å². The maximum absolute atomic E-state index is 10.8. The summed E-state index contributed by atoms with van der Waals surface area (Å²) in [7, 11) is 0. The van der Waals surface area contributed by atoms with Crippen molar-refractivity contribution >= 4 is 34.1 Å². The van der Waals surface area contributed by atoms with Gasteiger partial charge in [-0.25, -0.2) is 9.78 Å². The van der Waals surface area contributed by atoms with Crippen LogP contribution in [0.25, 0.3) is 11.6 Å². The first-order chi connectivity index (χ1) is 15.7. The maximum Gasteiger partial charge on any atom is 0.341 e. The summed E-state index contributed by atoms with van der Waals surface area (Å²) in [4.78, 5) is 15.7. The smallest absolute Gasteiger partial charge is 0.341 e. The minimum absolute atomic E-state index is 0.219. The Morgan fingerprint density at radius 1 is 1.06 bits per heavy atom. The predicted octanol–water partition coefficient (Wildman–Crippen LogP) is 3.65. The number of allylic oxidation sites excluding steroid dienone is 4. The predicted molar refractivity (Wildman–Crippen MR) is 127 cm³/mol. The van der Waals surface area contributed by atoms with Gasteiger partial charge in [0.2, 0.25) is 0 Å². The monoisotopic (exact) mass is 442 g/mol. The summed E-state index contributed by atoms with van der Waals surface area (Å²) >= 11 is 1.64. The van der Waals surface area contributed by atoms with Gasteiger partial charge in [0, 0.05) is 18.9 Å². The van der Waals surface area contributed by atoms with E-state index in [1.807, 2.05) is 24.3 Å². The summed E-state index contributed by atoms with van der Waals surface area (Å²) in [5.74, 6) is -0.101. The van der Waals surface area contributed by atoms with E-state index in [2.05, 4.69) is 59.9 Å². The third-order valence-electron chi connectivity index (χ3n) is 5.62. The van der Waals surface area contributed by atoms with Crippen LogP contribution in [0.4, 0.5) is 5.13 Å². The Kier molecular flexibility index (Phi) is 5.60. The molecular weight excluding hydrogens is 420 g/mol. The average molecular weight is 443 g/mol. The molecule has 0 fully saturated rings. The van der Waals surface area contributed by atoms with Crippen LogP contribution in [0.3, 0.4) is 0 Å². The number of carboxylic acid groups (broad SMARTS) is 1. The lowest BCUT2D eigenvalue weighted by Crippen LogP contribution is -2.21. The summed E-state index contributed by atoms with van der Waals surface area (Å²) in [6.07, 6.45) is 6.52. The van der Waals surface area contributed by atoms with Crippen molar-refractivity contribution in [3.8, 4) is 0 Å². The van der Waals surface area contributed by atoms with Crippen LogP contribution in [0.15, 0.2) is 84.1 Å². The van der Waals surface area contributed by atoms with Crippen molar-refractivity contribution in [2.45, 2.75) is 12.3 Å². The second-order valence-corrected chi connectivity index (χ2v) is 8.75. The molecule has 5 rings (SSSR count). The molecule has 0 radical (unpaired) electrons. The van der Waals surface area contributed by atoms with Crippen molar-refractivity contribution in [2.24, 2.45) is 0 Å². The highest BCUT2D eigenvalue weighted by Gasteiger charge is 2.21. The molecule has 0 spiro atoms. The van der Waals surface area contributed by atoms with Crippen molar-refractivity contribution in [3.63, 3.8) is 0 Å². The van der Waals surface area contributed by atoms with Gasteiger partial charge in [-0.3, -0.25) is 0 Å². The second kappa shape index (κ2) is 8.85. The van der Waals surface area contributed by atoms with Gasteiger partial charge in [-0.2, -0.15) is 0 Å². The quantitative estimate of drug-likeness (QED) is 0.557. The lowest BCUT2D eigenvalue weighted by Gasteiger charge is -2.18. The molecule has 5 nitrogen and oxygen atoms in total. The standard InChI is InChI=1S/C26H22N2O3S/c29-24(30)16-31-20-12-11-19-13-23-25(21(19)14-20)28-26(32-23)27-15-22(17-7-3-1-4-8-17)18-9-5-2-6-10-18/h1-13,22H,14-16H2,(H,27,28)(H,29,30). The van der Waals surface area contributed by atoms with Crippen LogP contribution in [0, 0.1) is 0 Å². The molecule has 2 N–H and O–H groups in total. The fourth-order valence-electron chi connectivity index (χ4n) is 4.08. The van der Waals surface area contributed by atoms with E-state index >= 15 is 0 Å². The molecule has 0 amide bonds.